The fourth-order valence-corrected chi connectivity index (χ4v) is 8.39. The first-order valence-corrected chi connectivity index (χ1v) is 18.2. The molecule has 4 aromatic rings. The van der Waals surface area contributed by atoms with Crippen LogP contribution in [0.15, 0.2) is 84.9 Å². The lowest BCUT2D eigenvalue weighted by Gasteiger charge is -2.41. The van der Waals surface area contributed by atoms with Gasteiger partial charge in [-0.3, -0.25) is 0 Å². The van der Waals surface area contributed by atoms with Gasteiger partial charge >= 0.3 is 0 Å². The molecule has 1 saturated carbocycles. The molecule has 2 heteroatoms. The zero-order chi connectivity index (χ0) is 32.7. The second-order valence-electron chi connectivity index (χ2n) is 14.3. The maximum absolute atomic E-state index is 6.14. The molecule has 1 fully saturated rings. The number of rotatable bonds is 13. The van der Waals surface area contributed by atoms with Gasteiger partial charge in [0.25, 0.3) is 0 Å². The minimum absolute atomic E-state index is 0.0643. The van der Waals surface area contributed by atoms with E-state index in [1.807, 2.05) is 0 Å². The third-order valence-electron chi connectivity index (χ3n) is 11.3. The predicted molar refractivity (Wildman–Crippen MR) is 200 cm³/mol. The van der Waals surface area contributed by atoms with E-state index in [0.717, 1.165) is 30.1 Å². The van der Waals surface area contributed by atoms with E-state index >= 15 is 0 Å². The normalized spacial score (nSPS) is 19.5. The molecule has 0 aromatic heterocycles. The van der Waals surface area contributed by atoms with Crippen molar-refractivity contribution in [3.05, 3.63) is 129 Å². The fourth-order valence-electron chi connectivity index (χ4n) is 8.39. The van der Waals surface area contributed by atoms with Crippen LogP contribution in [-0.4, -0.2) is 0 Å². The molecular weight excluding hydrogens is 556 g/mol. The van der Waals surface area contributed by atoms with E-state index in [0.29, 0.717) is 11.8 Å². The quantitative estimate of drug-likeness (QED) is 0.147. The van der Waals surface area contributed by atoms with Crippen LogP contribution < -0.4 is 11.5 Å². The number of nitrogen functional groups attached to an aromatic ring is 2. The largest absolute Gasteiger partial charge is 0.399 e. The van der Waals surface area contributed by atoms with Crippen LogP contribution in [0.2, 0.25) is 0 Å². The Balaban J connectivity index is 1.50. The third-order valence-corrected chi connectivity index (χ3v) is 11.3. The summed E-state index contributed by atoms with van der Waals surface area (Å²) in [6.45, 7) is 11.4. The zero-order valence-electron chi connectivity index (χ0n) is 29.2. The Morgan fingerprint density at radius 1 is 0.609 bits per heavy atom. The maximum atomic E-state index is 6.14. The highest BCUT2D eigenvalue weighted by atomic mass is 14.5. The van der Waals surface area contributed by atoms with Gasteiger partial charge in [-0.05, 0) is 127 Å². The Morgan fingerprint density at radius 3 is 1.37 bits per heavy atom. The van der Waals surface area contributed by atoms with Crippen molar-refractivity contribution in [3.63, 3.8) is 0 Å². The summed E-state index contributed by atoms with van der Waals surface area (Å²) >= 11 is 0. The molecule has 46 heavy (non-hydrogen) atoms. The molecule has 0 aliphatic heterocycles. The van der Waals surface area contributed by atoms with Gasteiger partial charge in [0, 0.05) is 28.6 Å². The summed E-state index contributed by atoms with van der Waals surface area (Å²) in [5.74, 6) is 1.64. The van der Waals surface area contributed by atoms with Gasteiger partial charge in [0.2, 0.25) is 0 Å². The molecule has 244 valence electrons. The number of unbranched alkanes of at least 4 members (excludes halogenated alkanes) is 2. The molecule has 2 nitrogen and oxygen atoms in total. The summed E-state index contributed by atoms with van der Waals surface area (Å²) in [5, 5.41) is 0. The average Bonchev–Trinajstić information content (AvgIpc) is 3.07. The summed E-state index contributed by atoms with van der Waals surface area (Å²) in [4.78, 5) is 0. The number of aryl methyl sites for hydroxylation is 2. The highest BCUT2D eigenvalue weighted by Crippen LogP contribution is 2.48. The molecule has 2 atom stereocenters. The lowest BCUT2D eigenvalue weighted by molar-refractivity contribution is 0.260. The summed E-state index contributed by atoms with van der Waals surface area (Å²) in [5.41, 5.74) is 25.3. The van der Waals surface area contributed by atoms with E-state index in [1.54, 1.807) is 0 Å². The van der Waals surface area contributed by atoms with Crippen molar-refractivity contribution < 1.29 is 0 Å². The first-order valence-electron chi connectivity index (χ1n) is 18.2. The van der Waals surface area contributed by atoms with Crippen LogP contribution in [0.3, 0.4) is 0 Å². The van der Waals surface area contributed by atoms with Gasteiger partial charge in [-0.15, -0.1) is 0 Å². The molecule has 0 radical (unpaired) electrons. The van der Waals surface area contributed by atoms with Gasteiger partial charge < -0.3 is 11.5 Å². The van der Waals surface area contributed by atoms with Crippen LogP contribution in [0.4, 0.5) is 11.4 Å². The lowest BCUT2D eigenvalue weighted by atomic mass is 9.62. The smallest absolute Gasteiger partial charge is 0.0316 e. The molecule has 0 saturated heterocycles. The van der Waals surface area contributed by atoms with Crippen molar-refractivity contribution in [1.29, 1.82) is 0 Å². The SMILES string of the molecule is CCCCC(c1ccc(C2(c3ccc(C(CCCC)c4ccc(N)cc4C)cc3)CCC(CC)CC2)cc1)c1ccc(N)cc1C. The average molecular weight is 615 g/mol. The molecule has 0 bridgehead atoms. The highest BCUT2D eigenvalue weighted by molar-refractivity contribution is 5.51. The summed E-state index contributed by atoms with van der Waals surface area (Å²) in [6, 6.07) is 32.6. The topological polar surface area (TPSA) is 52.0 Å². The molecule has 0 heterocycles. The van der Waals surface area contributed by atoms with E-state index in [1.165, 1.54) is 102 Å². The number of anilines is 2. The molecule has 5 rings (SSSR count). The molecular formula is C44H58N2. The lowest BCUT2D eigenvalue weighted by Crippen LogP contribution is -2.33. The van der Waals surface area contributed by atoms with E-state index in [2.05, 4.69) is 120 Å². The van der Waals surface area contributed by atoms with Crippen LogP contribution >= 0.6 is 0 Å². The number of benzene rings is 4. The van der Waals surface area contributed by atoms with Crippen LogP contribution in [0.5, 0.6) is 0 Å². The van der Waals surface area contributed by atoms with Gasteiger partial charge in [0.15, 0.2) is 0 Å². The van der Waals surface area contributed by atoms with E-state index in [-0.39, 0.29) is 5.41 Å². The first kappa shape index (κ1) is 33.8. The molecule has 0 spiro atoms. The molecule has 0 amide bonds. The van der Waals surface area contributed by atoms with E-state index < -0.39 is 0 Å². The molecule has 1 aliphatic carbocycles. The van der Waals surface area contributed by atoms with Gasteiger partial charge in [0.1, 0.15) is 0 Å². The van der Waals surface area contributed by atoms with Crippen LogP contribution in [0.25, 0.3) is 0 Å². The monoisotopic (exact) mass is 614 g/mol. The van der Waals surface area contributed by atoms with Crippen molar-refractivity contribution in [2.24, 2.45) is 5.92 Å². The van der Waals surface area contributed by atoms with Gasteiger partial charge in [-0.2, -0.15) is 0 Å². The summed E-state index contributed by atoms with van der Waals surface area (Å²) < 4.78 is 0. The number of nitrogens with two attached hydrogens (primary N) is 2. The van der Waals surface area contributed by atoms with Crippen molar-refractivity contribution in [3.8, 4) is 0 Å². The van der Waals surface area contributed by atoms with Gasteiger partial charge in [0.05, 0.1) is 0 Å². The minimum atomic E-state index is 0.0643. The summed E-state index contributed by atoms with van der Waals surface area (Å²) in [7, 11) is 0. The maximum Gasteiger partial charge on any atom is 0.0316 e. The van der Waals surface area contributed by atoms with Crippen molar-refractivity contribution >= 4 is 11.4 Å². The Bertz CT molecular complexity index is 1430. The molecule has 4 aromatic carbocycles. The summed E-state index contributed by atoms with van der Waals surface area (Å²) in [6.07, 6.45) is 13.5. The zero-order valence-corrected chi connectivity index (χ0v) is 29.2. The molecule has 1 aliphatic rings. The van der Waals surface area contributed by atoms with Gasteiger partial charge in [-0.1, -0.05) is 114 Å². The van der Waals surface area contributed by atoms with Crippen molar-refractivity contribution in [2.75, 3.05) is 11.5 Å². The second-order valence-corrected chi connectivity index (χ2v) is 14.3. The Kier molecular flexibility index (Phi) is 11.3. The molecule has 2 unspecified atom stereocenters. The minimum Gasteiger partial charge on any atom is -0.399 e. The predicted octanol–water partition coefficient (Wildman–Crippen LogP) is 12.0. The number of hydrogen-bond acceptors (Lipinski definition) is 2. The van der Waals surface area contributed by atoms with Crippen LogP contribution in [-0.2, 0) is 5.41 Å². The Hall–Kier alpha value is -3.52. The molecule has 4 N–H and O–H groups in total. The van der Waals surface area contributed by atoms with E-state index in [4.69, 9.17) is 11.5 Å². The Morgan fingerprint density at radius 2 is 1.02 bits per heavy atom. The van der Waals surface area contributed by atoms with Crippen LogP contribution in [0.1, 0.15) is 148 Å². The fraction of sp³-hybridized carbons (Fsp3) is 0.455. The second kappa shape index (κ2) is 15.4. The number of hydrogen-bond donors (Lipinski definition) is 2. The van der Waals surface area contributed by atoms with E-state index in [9.17, 15) is 0 Å². The third kappa shape index (κ3) is 7.38. The first-order chi connectivity index (χ1) is 22.3. The van der Waals surface area contributed by atoms with Crippen molar-refractivity contribution in [2.45, 2.75) is 122 Å². The van der Waals surface area contributed by atoms with Gasteiger partial charge in [-0.25, -0.2) is 0 Å². The highest BCUT2D eigenvalue weighted by Gasteiger charge is 2.38. The van der Waals surface area contributed by atoms with Crippen molar-refractivity contribution in [1.82, 2.24) is 0 Å². The standard InChI is InChI=1S/C44H58N2/c1-6-9-11-42(40-23-21-38(45)29-31(40)4)34-13-17-36(18-14-34)44(27-25-33(8-3)26-28-44)37-19-15-35(16-20-37)43(12-10-7-2)41-24-22-39(46)30-32(41)5/h13-24,29-30,33,42-43H,6-12,25-28,45-46H2,1-5H3. The Labute approximate surface area is 280 Å². The van der Waals surface area contributed by atoms with Crippen LogP contribution in [0, 0.1) is 19.8 Å².